The molecule has 46 heavy (non-hydrogen) atoms. The number of nitrogens with one attached hydrogen (secondary N) is 2. The summed E-state index contributed by atoms with van der Waals surface area (Å²) in [7, 11) is -5.46. The van der Waals surface area contributed by atoms with Crippen LogP contribution in [-0.4, -0.2) is 68.8 Å². The minimum absolute atomic E-state index is 0.115. The summed E-state index contributed by atoms with van der Waals surface area (Å²) in [6, 6.07) is 15.3. The maximum Gasteiger partial charge on any atom is 0.353 e. The minimum atomic E-state index is -5.46. The van der Waals surface area contributed by atoms with Crippen LogP contribution in [0.4, 0.5) is 0 Å². The molecule has 12 nitrogen and oxygen atoms in total. The smallest absolute Gasteiger partial charge is 0.353 e. The second kappa shape index (κ2) is 15.3. The van der Waals surface area contributed by atoms with E-state index in [0.29, 0.717) is 5.56 Å². The molecule has 0 aliphatic carbocycles. The average molecular weight is 663 g/mol. The lowest BCUT2D eigenvalue weighted by molar-refractivity contribution is -0.170. The molecule has 2 rings (SSSR count). The molecule has 2 aromatic rings. The molecule has 0 fully saturated rings. The van der Waals surface area contributed by atoms with Crippen molar-refractivity contribution in [2.24, 2.45) is 10.8 Å². The van der Waals surface area contributed by atoms with E-state index in [1.807, 2.05) is 42.5 Å². The van der Waals surface area contributed by atoms with E-state index in [2.05, 4.69) is 10.6 Å². The number of carboxylic acids is 1. The fourth-order valence-corrected chi connectivity index (χ4v) is 5.96. The molecule has 3 atom stereocenters. The Morgan fingerprint density at radius 1 is 0.783 bits per heavy atom. The Labute approximate surface area is 270 Å². The molecule has 0 aromatic heterocycles. The molecule has 0 bridgehead atoms. The van der Waals surface area contributed by atoms with E-state index >= 15 is 0 Å². The van der Waals surface area contributed by atoms with Crippen molar-refractivity contribution >= 4 is 31.4 Å². The zero-order valence-corrected chi connectivity index (χ0v) is 28.6. The summed E-state index contributed by atoms with van der Waals surface area (Å²) in [5, 5.41) is 11.8. The quantitative estimate of drug-likeness (QED) is 0.144. The van der Waals surface area contributed by atoms with Crippen LogP contribution in [0.3, 0.4) is 0 Å². The van der Waals surface area contributed by atoms with Gasteiger partial charge in [-0.3, -0.25) is 29.1 Å². The number of hydrogen-bond acceptors (Lipinski definition) is 8. The number of esters is 2. The summed E-state index contributed by atoms with van der Waals surface area (Å²) in [6.07, 6.45) is -3.77. The van der Waals surface area contributed by atoms with Gasteiger partial charge in [0.2, 0.25) is 5.91 Å². The van der Waals surface area contributed by atoms with Crippen LogP contribution in [0.2, 0.25) is 0 Å². The van der Waals surface area contributed by atoms with Gasteiger partial charge < -0.3 is 29.7 Å². The Kier molecular flexibility index (Phi) is 12.9. The molecule has 0 aliphatic heterocycles. The third-order valence-electron chi connectivity index (χ3n) is 7.37. The van der Waals surface area contributed by atoms with Gasteiger partial charge in [-0.1, -0.05) is 54.6 Å². The third-order valence-corrected chi connectivity index (χ3v) is 9.20. The third kappa shape index (κ3) is 10.2. The molecule has 0 saturated heterocycles. The van der Waals surface area contributed by atoms with E-state index < -0.39 is 72.2 Å². The van der Waals surface area contributed by atoms with Gasteiger partial charge in [0, 0.05) is 6.54 Å². The average Bonchev–Trinajstić information content (AvgIpc) is 2.93. The van der Waals surface area contributed by atoms with Crippen LogP contribution in [0.25, 0.3) is 11.1 Å². The van der Waals surface area contributed by atoms with Gasteiger partial charge in [0.05, 0.1) is 23.3 Å². The van der Waals surface area contributed by atoms with Crippen molar-refractivity contribution in [3.63, 3.8) is 0 Å². The molecule has 0 spiro atoms. The standard InChI is InChI=1S/C33H47N2O10P/c1-21(44-29(39)31(3,4)5)33(46(41,42)43,22(2)45-30(40)32(6,7)8)35-26(28(38)34-19-18-27(36)37)20-23-14-16-25(17-15-23)24-12-10-9-11-13-24/h9-17,21-22,26,35H,18-20H2,1-8H3,(H,34,38)(H,36,37)(H2,41,42,43). The zero-order chi connectivity index (χ0) is 35.1. The number of hydrogen-bond donors (Lipinski definition) is 5. The Bertz CT molecular complexity index is 1370. The van der Waals surface area contributed by atoms with E-state index in [4.69, 9.17) is 14.6 Å². The molecule has 5 N–H and O–H groups in total. The highest BCUT2D eigenvalue weighted by molar-refractivity contribution is 7.53. The second-order valence-corrected chi connectivity index (χ2v) is 15.2. The first-order valence-electron chi connectivity index (χ1n) is 15.0. The van der Waals surface area contributed by atoms with Crippen molar-refractivity contribution in [3.05, 3.63) is 60.2 Å². The van der Waals surface area contributed by atoms with Crippen molar-refractivity contribution in [1.82, 2.24) is 10.6 Å². The van der Waals surface area contributed by atoms with E-state index in [1.165, 1.54) is 13.8 Å². The highest BCUT2D eigenvalue weighted by atomic mass is 31.2. The van der Waals surface area contributed by atoms with Crippen molar-refractivity contribution < 1.29 is 48.1 Å². The Hall–Kier alpha value is -3.57. The van der Waals surface area contributed by atoms with Gasteiger partial charge in [0.15, 0.2) is 5.28 Å². The van der Waals surface area contributed by atoms with Gasteiger partial charge in [-0.05, 0) is 78.5 Å². The Morgan fingerprint density at radius 2 is 1.24 bits per heavy atom. The fourth-order valence-electron chi connectivity index (χ4n) is 4.58. The van der Waals surface area contributed by atoms with Crippen molar-refractivity contribution in [3.8, 4) is 11.1 Å². The Morgan fingerprint density at radius 3 is 1.65 bits per heavy atom. The number of carbonyl (C=O) groups is 4. The summed E-state index contributed by atoms with van der Waals surface area (Å²) in [4.78, 5) is 72.6. The van der Waals surface area contributed by atoms with Crippen LogP contribution in [0, 0.1) is 10.8 Å². The van der Waals surface area contributed by atoms with Gasteiger partial charge in [0.1, 0.15) is 12.2 Å². The lowest BCUT2D eigenvalue weighted by atomic mass is 9.95. The first-order chi connectivity index (χ1) is 21.1. The van der Waals surface area contributed by atoms with Crippen LogP contribution < -0.4 is 10.6 Å². The van der Waals surface area contributed by atoms with Gasteiger partial charge in [0.25, 0.3) is 0 Å². The van der Waals surface area contributed by atoms with Crippen LogP contribution in [0.5, 0.6) is 0 Å². The molecule has 13 heteroatoms. The van der Waals surface area contributed by atoms with Crippen molar-refractivity contribution in [2.45, 2.75) is 91.8 Å². The SMILES string of the molecule is CC(OC(=O)C(C)(C)C)C(NC(Cc1ccc(-c2ccccc2)cc1)C(=O)NCCC(=O)O)(C(C)OC(=O)C(C)(C)C)P(=O)(O)O. The predicted octanol–water partition coefficient (Wildman–Crippen LogP) is 4.27. The molecule has 2 aromatic carbocycles. The molecule has 254 valence electrons. The summed E-state index contributed by atoms with van der Waals surface area (Å²) >= 11 is 0. The van der Waals surface area contributed by atoms with E-state index in [1.54, 1.807) is 53.7 Å². The molecule has 0 aliphatic rings. The maximum atomic E-state index is 13.6. The highest BCUT2D eigenvalue weighted by Gasteiger charge is 2.60. The molecule has 0 saturated carbocycles. The predicted molar refractivity (Wildman–Crippen MR) is 173 cm³/mol. The van der Waals surface area contributed by atoms with Crippen LogP contribution in [0.15, 0.2) is 54.6 Å². The molecule has 1 amide bonds. The van der Waals surface area contributed by atoms with Crippen LogP contribution >= 0.6 is 7.60 Å². The maximum absolute atomic E-state index is 13.6. The number of carbonyl (C=O) groups excluding carboxylic acids is 3. The van der Waals surface area contributed by atoms with E-state index in [-0.39, 0.29) is 13.0 Å². The molecule has 0 heterocycles. The number of amides is 1. The fraction of sp³-hybridized carbons (Fsp3) is 0.515. The highest BCUT2D eigenvalue weighted by Crippen LogP contribution is 2.55. The van der Waals surface area contributed by atoms with Gasteiger partial charge in [-0.15, -0.1) is 0 Å². The van der Waals surface area contributed by atoms with E-state index in [0.717, 1.165) is 11.1 Å². The number of ether oxygens (including phenoxy) is 2. The second-order valence-electron chi connectivity index (χ2n) is 13.4. The first kappa shape index (κ1) is 38.6. The first-order valence-corrected chi connectivity index (χ1v) is 16.6. The topological polar surface area (TPSA) is 189 Å². The molecule has 0 radical (unpaired) electrons. The van der Waals surface area contributed by atoms with Crippen molar-refractivity contribution in [2.75, 3.05) is 6.54 Å². The minimum Gasteiger partial charge on any atom is -0.481 e. The largest absolute Gasteiger partial charge is 0.481 e. The molecular formula is C33H47N2O10P. The van der Waals surface area contributed by atoms with Gasteiger partial charge in [-0.25, -0.2) is 0 Å². The monoisotopic (exact) mass is 662 g/mol. The molecular weight excluding hydrogens is 615 g/mol. The number of carboxylic acid groups (broad SMARTS) is 1. The Balaban J connectivity index is 2.66. The summed E-state index contributed by atoms with van der Waals surface area (Å²) < 4.78 is 24.8. The summed E-state index contributed by atoms with van der Waals surface area (Å²) in [5.74, 6) is -3.49. The number of benzene rings is 2. The normalized spacial score (nSPS) is 15.5. The molecule has 3 unspecified atom stereocenters. The zero-order valence-electron chi connectivity index (χ0n) is 27.7. The van der Waals surface area contributed by atoms with Gasteiger partial charge in [-0.2, -0.15) is 0 Å². The summed E-state index contributed by atoms with van der Waals surface area (Å²) in [6.45, 7) is 11.6. The lowest BCUT2D eigenvalue weighted by Gasteiger charge is -2.45. The lowest BCUT2D eigenvalue weighted by Crippen LogP contribution is -2.67. The van der Waals surface area contributed by atoms with Crippen molar-refractivity contribution in [1.29, 1.82) is 0 Å². The number of rotatable bonds is 14. The van der Waals surface area contributed by atoms with E-state index in [9.17, 15) is 33.5 Å². The number of aliphatic carboxylic acids is 1. The van der Waals surface area contributed by atoms with Crippen LogP contribution in [0.1, 0.15) is 67.4 Å². The summed E-state index contributed by atoms with van der Waals surface area (Å²) in [5.41, 5.74) is 0.334. The van der Waals surface area contributed by atoms with Gasteiger partial charge >= 0.3 is 25.5 Å². The van der Waals surface area contributed by atoms with Crippen LogP contribution in [-0.2, 0) is 39.6 Å².